The largest absolute Gasteiger partial charge is 0.495 e. The fourth-order valence-electron chi connectivity index (χ4n) is 1.84. The molecule has 0 saturated carbocycles. The Labute approximate surface area is 131 Å². The lowest BCUT2D eigenvalue weighted by atomic mass is 10.1. The number of nitriles is 1. The molecular weight excluding hydrogens is 314 g/mol. The van der Waals surface area contributed by atoms with E-state index in [2.05, 4.69) is 5.32 Å². The van der Waals surface area contributed by atoms with Crippen molar-refractivity contribution in [3.05, 3.63) is 57.3 Å². The van der Waals surface area contributed by atoms with Crippen LogP contribution in [0.5, 0.6) is 5.75 Å². The van der Waals surface area contributed by atoms with Crippen molar-refractivity contribution in [3.63, 3.8) is 0 Å². The Kier molecular flexibility index (Phi) is 4.89. The first kappa shape index (κ1) is 15.4. The maximum absolute atomic E-state index is 13.1. The van der Waals surface area contributed by atoms with Crippen molar-refractivity contribution in [2.24, 2.45) is 0 Å². The van der Waals surface area contributed by atoms with Crippen LogP contribution in [0.15, 0.2) is 30.3 Å². The third-order valence-electron chi connectivity index (χ3n) is 2.86. The molecule has 1 N–H and O–H groups in total. The van der Waals surface area contributed by atoms with Crippen LogP contribution in [-0.4, -0.2) is 7.11 Å². The number of benzene rings is 2. The lowest BCUT2D eigenvalue weighted by molar-refractivity contribution is 0.413. The SMILES string of the molecule is COc1cc(CNc2c(Cl)cc(F)cc2Cl)ccc1C#N. The number of nitrogens with one attached hydrogen (secondary N) is 1. The molecule has 2 rings (SSSR count). The Bertz CT molecular complexity index is 690. The number of anilines is 1. The van der Waals surface area contributed by atoms with E-state index in [1.54, 1.807) is 18.2 Å². The molecular formula is C15H11Cl2FN2O. The standard InChI is InChI=1S/C15H11Cl2FN2O/c1-21-14-4-9(2-3-10(14)7-19)8-20-15-12(16)5-11(18)6-13(15)17/h2-6,20H,8H2,1H3. The van der Waals surface area contributed by atoms with Crippen LogP contribution in [-0.2, 0) is 6.54 Å². The molecule has 0 aliphatic carbocycles. The lowest BCUT2D eigenvalue weighted by Gasteiger charge is -2.12. The van der Waals surface area contributed by atoms with Crippen molar-refractivity contribution >= 4 is 28.9 Å². The van der Waals surface area contributed by atoms with E-state index in [0.717, 1.165) is 5.56 Å². The summed E-state index contributed by atoms with van der Waals surface area (Å²) in [6.07, 6.45) is 0. The van der Waals surface area contributed by atoms with Crippen molar-refractivity contribution in [3.8, 4) is 11.8 Å². The van der Waals surface area contributed by atoms with Crippen LogP contribution in [0.3, 0.4) is 0 Å². The molecule has 0 aliphatic heterocycles. The van der Waals surface area contributed by atoms with Crippen molar-refractivity contribution in [2.45, 2.75) is 6.54 Å². The van der Waals surface area contributed by atoms with Gasteiger partial charge in [-0.25, -0.2) is 4.39 Å². The normalized spacial score (nSPS) is 10.0. The van der Waals surface area contributed by atoms with Gasteiger partial charge in [-0.1, -0.05) is 29.3 Å². The van der Waals surface area contributed by atoms with Gasteiger partial charge in [-0.3, -0.25) is 0 Å². The van der Waals surface area contributed by atoms with Gasteiger partial charge >= 0.3 is 0 Å². The first-order valence-corrected chi connectivity index (χ1v) is 6.76. The molecule has 21 heavy (non-hydrogen) atoms. The minimum atomic E-state index is -0.490. The maximum atomic E-state index is 13.1. The Balaban J connectivity index is 2.19. The zero-order valence-corrected chi connectivity index (χ0v) is 12.6. The quantitative estimate of drug-likeness (QED) is 0.892. The molecule has 6 heteroatoms. The fourth-order valence-corrected chi connectivity index (χ4v) is 2.43. The molecule has 0 heterocycles. The summed E-state index contributed by atoms with van der Waals surface area (Å²) in [6, 6.07) is 9.63. The highest BCUT2D eigenvalue weighted by Crippen LogP contribution is 2.32. The third kappa shape index (κ3) is 3.57. The number of hydrogen-bond acceptors (Lipinski definition) is 3. The van der Waals surface area contributed by atoms with Gasteiger partial charge in [-0.2, -0.15) is 5.26 Å². The van der Waals surface area contributed by atoms with E-state index in [0.29, 0.717) is 23.5 Å². The highest BCUT2D eigenvalue weighted by atomic mass is 35.5. The molecule has 108 valence electrons. The summed E-state index contributed by atoms with van der Waals surface area (Å²) in [6.45, 7) is 0.410. The fraction of sp³-hybridized carbons (Fsp3) is 0.133. The Morgan fingerprint density at radius 2 is 1.90 bits per heavy atom. The van der Waals surface area contributed by atoms with Gasteiger partial charge in [0.15, 0.2) is 0 Å². The minimum Gasteiger partial charge on any atom is -0.495 e. The summed E-state index contributed by atoms with van der Waals surface area (Å²) < 4.78 is 18.2. The molecule has 0 aromatic heterocycles. The topological polar surface area (TPSA) is 45.0 Å². The van der Waals surface area contributed by atoms with Gasteiger partial charge in [0.1, 0.15) is 17.6 Å². The van der Waals surface area contributed by atoms with E-state index >= 15 is 0 Å². The summed E-state index contributed by atoms with van der Waals surface area (Å²) in [7, 11) is 1.50. The van der Waals surface area contributed by atoms with Crippen LogP contribution in [0.4, 0.5) is 10.1 Å². The molecule has 0 aliphatic rings. The van der Waals surface area contributed by atoms with Crippen molar-refractivity contribution in [2.75, 3.05) is 12.4 Å². The summed E-state index contributed by atoms with van der Waals surface area (Å²) in [4.78, 5) is 0. The van der Waals surface area contributed by atoms with Crippen LogP contribution in [0.25, 0.3) is 0 Å². The second-order valence-corrected chi connectivity index (χ2v) is 5.06. The number of methoxy groups -OCH3 is 1. The number of halogens is 3. The van der Waals surface area contributed by atoms with Crippen LogP contribution in [0.2, 0.25) is 10.0 Å². The van der Waals surface area contributed by atoms with Crippen LogP contribution in [0.1, 0.15) is 11.1 Å². The summed E-state index contributed by atoms with van der Waals surface area (Å²) >= 11 is 11.9. The van der Waals surface area contributed by atoms with Gasteiger partial charge in [-0.15, -0.1) is 0 Å². The first-order valence-electron chi connectivity index (χ1n) is 6.00. The highest BCUT2D eigenvalue weighted by molar-refractivity contribution is 6.39. The summed E-state index contributed by atoms with van der Waals surface area (Å²) in [5.74, 6) is 0.00342. The molecule has 0 spiro atoms. The zero-order valence-electron chi connectivity index (χ0n) is 11.1. The Hall–Kier alpha value is -1.96. The monoisotopic (exact) mass is 324 g/mol. The van der Waals surface area contributed by atoms with Gasteiger partial charge in [-0.05, 0) is 29.8 Å². The third-order valence-corrected chi connectivity index (χ3v) is 3.46. The van der Waals surface area contributed by atoms with Crippen LogP contribution >= 0.6 is 23.2 Å². The first-order chi connectivity index (χ1) is 10.0. The lowest BCUT2D eigenvalue weighted by Crippen LogP contribution is -2.02. The van der Waals surface area contributed by atoms with Gasteiger partial charge in [0.2, 0.25) is 0 Å². The molecule has 0 amide bonds. The minimum absolute atomic E-state index is 0.209. The molecule has 0 atom stereocenters. The van der Waals surface area contributed by atoms with E-state index in [1.165, 1.54) is 19.2 Å². The average molecular weight is 325 g/mol. The Morgan fingerprint density at radius 1 is 1.24 bits per heavy atom. The van der Waals surface area contributed by atoms with Gasteiger partial charge in [0, 0.05) is 6.54 Å². The number of rotatable bonds is 4. The van der Waals surface area contributed by atoms with Gasteiger partial charge in [0.05, 0.1) is 28.4 Å². The number of nitrogens with zero attached hydrogens (tertiary/aromatic N) is 1. The molecule has 0 bridgehead atoms. The molecule has 2 aromatic rings. The molecule has 3 nitrogen and oxygen atoms in total. The average Bonchev–Trinajstić information content (AvgIpc) is 2.45. The molecule has 0 fully saturated rings. The predicted molar refractivity (Wildman–Crippen MR) is 81.5 cm³/mol. The maximum Gasteiger partial charge on any atom is 0.136 e. The van der Waals surface area contributed by atoms with Crippen molar-refractivity contribution < 1.29 is 9.13 Å². The summed E-state index contributed by atoms with van der Waals surface area (Å²) in [5.41, 5.74) is 1.80. The molecule has 0 unspecified atom stereocenters. The smallest absolute Gasteiger partial charge is 0.136 e. The second kappa shape index (κ2) is 6.66. The van der Waals surface area contributed by atoms with Gasteiger partial charge in [0.25, 0.3) is 0 Å². The van der Waals surface area contributed by atoms with Gasteiger partial charge < -0.3 is 10.1 Å². The Morgan fingerprint density at radius 3 is 2.48 bits per heavy atom. The van der Waals surface area contributed by atoms with Crippen molar-refractivity contribution in [1.29, 1.82) is 5.26 Å². The highest BCUT2D eigenvalue weighted by Gasteiger charge is 2.09. The summed E-state index contributed by atoms with van der Waals surface area (Å²) in [5, 5.41) is 12.4. The second-order valence-electron chi connectivity index (χ2n) is 4.24. The molecule has 0 saturated heterocycles. The van der Waals surface area contributed by atoms with Crippen molar-refractivity contribution in [1.82, 2.24) is 0 Å². The number of ether oxygens (including phenoxy) is 1. The predicted octanol–water partition coefficient (Wildman–Crippen LogP) is 4.62. The van der Waals surface area contributed by atoms with E-state index in [1.807, 2.05) is 6.07 Å². The zero-order chi connectivity index (χ0) is 15.4. The van der Waals surface area contributed by atoms with E-state index in [9.17, 15) is 4.39 Å². The van der Waals surface area contributed by atoms with E-state index < -0.39 is 5.82 Å². The van der Waals surface area contributed by atoms with Crippen LogP contribution < -0.4 is 10.1 Å². The van der Waals surface area contributed by atoms with Crippen LogP contribution in [0, 0.1) is 17.1 Å². The van der Waals surface area contributed by atoms with E-state index in [4.69, 9.17) is 33.2 Å². The molecule has 0 radical (unpaired) electrons. The van der Waals surface area contributed by atoms with E-state index in [-0.39, 0.29) is 10.0 Å². The molecule has 2 aromatic carbocycles. The number of hydrogen-bond donors (Lipinski definition) is 1.